The molecule has 0 spiro atoms. The zero-order valence-electron chi connectivity index (χ0n) is 25.0. The summed E-state index contributed by atoms with van der Waals surface area (Å²) < 4.78 is 45.0. The normalized spacial score (nSPS) is 12.0. The van der Waals surface area contributed by atoms with Gasteiger partial charge in [-0.15, -0.1) is 11.3 Å². The molecule has 6 nitrogen and oxygen atoms in total. The van der Waals surface area contributed by atoms with Gasteiger partial charge in [-0.25, -0.2) is 4.98 Å². The van der Waals surface area contributed by atoms with Crippen LogP contribution in [0.2, 0.25) is 0 Å². The van der Waals surface area contributed by atoms with E-state index in [0.29, 0.717) is 39.4 Å². The summed E-state index contributed by atoms with van der Waals surface area (Å²) in [5, 5.41) is 14.5. The predicted octanol–water partition coefficient (Wildman–Crippen LogP) is 9.39. The molecular formula is C36H26F3N3O3S2. The second kappa shape index (κ2) is 14.5. The number of carbonyl (C=O) groups excluding carboxylic acids is 2. The van der Waals surface area contributed by atoms with Crippen molar-refractivity contribution in [2.24, 2.45) is 0 Å². The predicted molar refractivity (Wildman–Crippen MR) is 179 cm³/mol. The summed E-state index contributed by atoms with van der Waals surface area (Å²) >= 11 is 2.58. The molecule has 0 aliphatic heterocycles. The van der Waals surface area contributed by atoms with Crippen LogP contribution >= 0.6 is 23.1 Å². The zero-order valence-corrected chi connectivity index (χ0v) is 26.7. The second-order valence-electron chi connectivity index (χ2n) is 10.2. The van der Waals surface area contributed by atoms with Crippen molar-refractivity contribution >= 4 is 46.6 Å². The van der Waals surface area contributed by atoms with Crippen LogP contribution in [0.5, 0.6) is 5.75 Å². The summed E-state index contributed by atoms with van der Waals surface area (Å²) in [6, 6.07) is 25.7. The van der Waals surface area contributed by atoms with E-state index in [0.717, 1.165) is 28.8 Å². The van der Waals surface area contributed by atoms with Crippen LogP contribution in [-0.2, 0) is 11.0 Å². The van der Waals surface area contributed by atoms with E-state index < -0.39 is 17.0 Å². The Bertz CT molecular complexity index is 1950. The molecule has 47 heavy (non-hydrogen) atoms. The number of nitrogens with one attached hydrogen (secondary N) is 1. The van der Waals surface area contributed by atoms with E-state index in [-0.39, 0.29) is 22.3 Å². The van der Waals surface area contributed by atoms with Crippen molar-refractivity contribution in [3.63, 3.8) is 0 Å². The van der Waals surface area contributed by atoms with Crippen LogP contribution in [0.15, 0.2) is 107 Å². The Hall–Kier alpha value is -5.18. The average Bonchev–Trinajstić information content (AvgIpc) is 3.61. The van der Waals surface area contributed by atoms with Gasteiger partial charge in [0, 0.05) is 27.3 Å². The van der Waals surface area contributed by atoms with Gasteiger partial charge in [0.2, 0.25) is 5.91 Å². The molecule has 5 aromatic rings. The van der Waals surface area contributed by atoms with Crippen molar-refractivity contribution in [3.05, 3.63) is 124 Å². The minimum atomic E-state index is -4.51. The van der Waals surface area contributed by atoms with E-state index in [2.05, 4.69) is 11.4 Å². The average molecular weight is 670 g/mol. The summed E-state index contributed by atoms with van der Waals surface area (Å²) in [6.07, 6.45) is -1.27. The fourth-order valence-corrected chi connectivity index (χ4v) is 6.06. The molecule has 11 heteroatoms. The van der Waals surface area contributed by atoms with Gasteiger partial charge >= 0.3 is 6.18 Å². The maximum Gasteiger partial charge on any atom is 0.416 e. The van der Waals surface area contributed by atoms with Crippen LogP contribution in [0.4, 0.5) is 18.9 Å². The number of anilines is 1. The Morgan fingerprint density at radius 1 is 1.00 bits per heavy atom. The summed E-state index contributed by atoms with van der Waals surface area (Å²) in [5.74, 6) is 0.0803. The summed E-state index contributed by atoms with van der Waals surface area (Å²) in [5.41, 5.74) is 2.18. The number of thiophene rings is 1. The Kier molecular flexibility index (Phi) is 10.2. The van der Waals surface area contributed by atoms with Crippen molar-refractivity contribution in [2.75, 3.05) is 12.4 Å². The number of hydrogen-bond donors (Lipinski definition) is 1. The second-order valence-corrected chi connectivity index (χ2v) is 12.5. The van der Waals surface area contributed by atoms with Gasteiger partial charge in [0.15, 0.2) is 5.78 Å². The highest BCUT2D eigenvalue weighted by atomic mass is 32.2. The van der Waals surface area contributed by atoms with E-state index in [1.165, 1.54) is 36.7 Å². The van der Waals surface area contributed by atoms with Crippen LogP contribution in [0.3, 0.4) is 0 Å². The van der Waals surface area contributed by atoms with Gasteiger partial charge in [-0.05, 0) is 103 Å². The minimum absolute atomic E-state index is 0.130. The molecular weight excluding hydrogens is 644 g/mol. The lowest BCUT2D eigenvalue weighted by Crippen LogP contribution is -2.22. The first-order chi connectivity index (χ1) is 22.5. The van der Waals surface area contributed by atoms with Crippen molar-refractivity contribution in [2.45, 2.75) is 23.4 Å². The number of nitrogens with zero attached hydrogens (tertiary/aromatic N) is 2. The van der Waals surface area contributed by atoms with Crippen molar-refractivity contribution in [1.29, 1.82) is 5.26 Å². The third kappa shape index (κ3) is 8.16. The van der Waals surface area contributed by atoms with Gasteiger partial charge in [-0.1, -0.05) is 30.0 Å². The fourth-order valence-electron chi connectivity index (χ4n) is 4.51. The maximum absolute atomic E-state index is 13.3. The van der Waals surface area contributed by atoms with Crippen molar-refractivity contribution in [3.8, 4) is 34.2 Å². The first-order valence-corrected chi connectivity index (χ1v) is 15.9. The van der Waals surface area contributed by atoms with Crippen LogP contribution < -0.4 is 10.1 Å². The molecule has 1 N–H and O–H groups in total. The molecule has 5 rings (SSSR count). The fraction of sp³-hybridized carbons (Fsp3) is 0.111. The number of benzene rings is 3. The highest BCUT2D eigenvalue weighted by Gasteiger charge is 2.30. The van der Waals surface area contributed by atoms with E-state index in [4.69, 9.17) is 9.72 Å². The summed E-state index contributed by atoms with van der Waals surface area (Å²) in [7, 11) is 1.54. The topological polar surface area (TPSA) is 92.1 Å². The van der Waals surface area contributed by atoms with E-state index in [1.807, 2.05) is 17.5 Å². The largest absolute Gasteiger partial charge is 0.497 e. The Labute approximate surface area is 277 Å². The molecule has 0 aliphatic rings. The molecule has 0 saturated carbocycles. The maximum atomic E-state index is 13.3. The Morgan fingerprint density at radius 3 is 2.28 bits per heavy atom. The molecule has 0 fully saturated rings. The number of aromatic nitrogens is 1. The molecule has 0 aliphatic carbocycles. The van der Waals surface area contributed by atoms with Gasteiger partial charge in [0.1, 0.15) is 16.8 Å². The molecule has 0 radical (unpaired) electrons. The first kappa shape index (κ1) is 33.2. The number of thioether (sulfide) groups is 1. The van der Waals surface area contributed by atoms with Crippen molar-refractivity contribution in [1.82, 2.24) is 4.98 Å². The highest BCUT2D eigenvalue weighted by Crippen LogP contribution is 2.38. The van der Waals surface area contributed by atoms with E-state index in [1.54, 1.807) is 67.6 Å². The molecule has 1 atom stereocenters. The Morgan fingerprint density at radius 2 is 1.68 bits per heavy atom. The zero-order chi connectivity index (χ0) is 33.6. The number of rotatable bonds is 10. The number of amides is 1. The van der Waals surface area contributed by atoms with Crippen LogP contribution in [0.25, 0.3) is 28.5 Å². The molecule has 3 aromatic carbocycles. The third-order valence-corrected chi connectivity index (χ3v) is 8.97. The van der Waals surface area contributed by atoms with Crippen LogP contribution in [0, 0.1) is 11.3 Å². The van der Waals surface area contributed by atoms with Gasteiger partial charge in [-0.3, -0.25) is 9.59 Å². The SMILES string of the molecule is COc1ccc(-c2cc(-c3ccc(C(F)(F)F)cc3)c(C#N)c(SC(C)C(=O)Nc3ccc(C(=O)C=Cc4cccs4)cc3)n2)cc1. The van der Waals surface area contributed by atoms with Crippen molar-refractivity contribution < 1.29 is 27.5 Å². The van der Waals surface area contributed by atoms with Crippen LogP contribution in [0.1, 0.15) is 33.3 Å². The summed E-state index contributed by atoms with van der Waals surface area (Å²) in [4.78, 5) is 31.4. The number of methoxy groups -OCH3 is 1. The molecule has 1 unspecified atom stereocenters. The lowest BCUT2D eigenvalue weighted by atomic mass is 9.98. The lowest BCUT2D eigenvalue weighted by Gasteiger charge is -2.16. The number of alkyl halides is 3. The minimum Gasteiger partial charge on any atom is -0.497 e. The number of halogens is 3. The summed E-state index contributed by atoms with van der Waals surface area (Å²) in [6.45, 7) is 1.66. The van der Waals surface area contributed by atoms with E-state index in [9.17, 15) is 28.0 Å². The lowest BCUT2D eigenvalue weighted by molar-refractivity contribution is -0.137. The molecule has 0 saturated heterocycles. The van der Waals surface area contributed by atoms with Crippen LogP contribution in [-0.4, -0.2) is 29.0 Å². The molecule has 236 valence electrons. The number of ether oxygens (including phenoxy) is 1. The standard InChI is InChI=1S/C36H26F3N3O3S2/c1-22(34(44)41-27-13-7-25(8-14-27)33(43)18-17-29-4-3-19-46-29)47-35-31(21-40)30(23-5-11-26(12-6-23)36(37,38)39)20-32(42-35)24-9-15-28(45-2)16-10-24/h3-20,22H,1-2H3,(H,41,44). The number of hydrogen-bond acceptors (Lipinski definition) is 7. The first-order valence-electron chi connectivity index (χ1n) is 14.2. The van der Waals surface area contributed by atoms with Gasteiger partial charge in [0.05, 0.1) is 29.2 Å². The molecule has 1 amide bonds. The van der Waals surface area contributed by atoms with Gasteiger partial charge in [0.25, 0.3) is 0 Å². The number of pyridine rings is 1. The Balaban J connectivity index is 1.40. The quantitative estimate of drug-likeness (QED) is 0.0905. The number of ketones is 1. The number of allylic oxidation sites excluding steroid dienone is 1. The molecule has 0 bridgehead atoms. The highest BCUT2D eigenvalue weighted by molar-refractivity contribution is 8.00. The molecule has 2 aromatic heterocycles. The number of nitriles is 1. The van der Waals surface area contributed by atoms with Gasteiger partial charge in [-0.2, -0.15) is 18.4 Å². The van der Waals surface area contributed by atoms with E-state index >= 15 is 0 Å². The third-order valence-electron chi connectivity index (χ3n) is 7.04. The van der Waals surface area contributed by atoms with Gasteiger partial charge < -0.3 is 10.1 Å². The molecule has 2 heterocycles. The monoisotopic (exact) mass is 669 g/mol. The number of carbonyl (C=O) groups is 2. The smallest absolute Gasteiger partial charge is 0.416 e.